The summed E-state index contributed by atoms with van der Waals surface area (Å²) in [5, 5.41) is 18.5. The van der Waals surface area contributed by atoms with Crippen molar-refractivity contribution in [3.63, 3.8) is 0 Å². The van der Waals surface area contributed by atoms with Crippen LogP contribution in [-0.2, 0) is 19.0 Å². The van der Waals surface area contributed by atoms with Gasteiger partial charge >= 0.3 is 6.18 Å². The molecule has 4 rings (SSSR count). The monoisotopic (exact) mass is 504 g/mol. The summed E-state index contributed by atoms with van der Waals surface area (Å²) in [6, 6.07) is 9.30. The molecule has 0 unspecified atom stereocenters. The molecule has 11 heteroatoms. The Morgan fingerprint density at radius 2 is 1.81 bits per heavy atom. The Kier molecular flexibility index (Phi) is 7.51. The summed E-state index contributed by atoms with van der Waals surface area (Å²) >= 11 is 0. The van der Waals surface area contributed by atoms with E-state index in [0.29, 0.717) is 36.1 Å². The first-order chi connectivity index (χ1) is 17.2. The highest BCUT2D eigenvalue weighted by Crippen LogP contribution is 2.36. The number of carbonyl (C=O) groups excluding carboxylic acids is 1. The summed E-state index contributed by atoms with van der Waals surface area (Å²) in [4.78, 5) is 24.8. The van der Waals surface area contributed by atoms with Gasteiger partial charge in [-0.25, -0.2) is 14.4 Å². The molecule has 36 heavy (non-hydrogen) atoms. The average molecular weight is 504 g/mol. The number of nitrogens with zero attached hydrogens (tertiary/aromatic N) is 4. The van der Waals surface area contributed by atoms with Gasteiger partial charge in [-0.2, -0.15) is 13.2 Å². The molecule has 0 spiro atoms. The Balaban J connectivity index is 1.60. The molecule has 2 heterocycles. The first kappa shape index (κ1) is 25.5. The highest BCUT2D eigenvalue weighted by molar-refractivity contribution is 5.98. The molecule has 1 aliphatic rings. The first-order valence-electron chi connectivity index (χ1n) is 11.3. The van der Waals surface area contributed by atoms with Gasteiger partial charge in [0.2, 0.25) is 0 Å². The highest BCUT2D eigenvalue weighted by Gasteiger charge is 2.31. The number of anilines is 2. The first-order valence-corrected chi connectivity index (χ1v) is 11.3. The van der Waals surface area contributed by atoms with Crippen molar-refractivity contribution in [2.24, 2.45) is 0 Å². The van der Waals surface area contributed by atoms with E-state index in [1.165, 1.54) is 11.2 Å². The molecule has 0 bridgehead atoms. The lowest BCUT2D eigenvalue weighted by molar-refractivity contribution is -0.137. The summed E-state index contributed by atoms with van der Waals surface area (Å²) in [6.45, 7) is 0.239. The third-order valence-corrected chi connectivity index (χ3v) is 5.94. The molecule has 0 radical (unpaired) electrons. The molecule has 7 nitrogen and oxygen atoms in total. The normalized spacial score (nSPS) is 13.1. The molecular formula is C25H24F4N4O3. The SMILES string of the molecule is O=C(c1cccc2c1CCN2c1cc(Cc2cc(F)cc(C(F)(F)F)c2)ncn1)N(CCO)CCO. The van der Waals surface area contributed by atoms with Gasteiger partial charge in [-0.15, -0.1) is 0 Å². The molecule has 2 N–H and O–H groups in total. The van der Waals surface area contributed by atoms with E-state index >= 15 is 0 Å². The van der Waals surface area contributed by atoms with Gasteiger partial charge in [-0.3, -0.25) is 4.79 Å². The number of aliphatic hydroxyl groups excluding tert-OH is 2. The smallest absolute Gasteiger partial charge is 0.395 e. The zero-order valence-electron chi connectivity index (χ0n) is 19.2. The van der Waals surface area contributed by atoms with Crippen molar-refractivity contribution in [2.75, 3.05) is 37.7 Å². The van der Waals surface area contributed by atoms with Gasteiger partial charge in [0, 0.05) is 43.4 Å². The quantitative estimate of drug-likeness (QED) is 0.458. The topological polar surface area (TPSA) is 89.8 Å². The minimum atomic E-state index is -4.66. The van der Waals surface area contributed by atoms with E-state index in [-0.39, 0.29) is 44.2 Å². The van der Waals surface area contributed by atoms with Crippen LogP contribution >= 0.6 is 0 Å². The summed E-state index contributed by atoms with van der Waals surface area (Å²) in [5.41, 5.74) is 1.50. The van der Waals surface area contributed by atoms with E-state index in [0.717, 1.165) is 23.4 Å². The minimum absolute atomic E-state index is 0.0210. The van der Waals surface area contributed by atoms with Gasteiger partial charge in [0.05, 0.1) is 24.5 Å². The number of carbonyl (C=O) groups is 1. The third-order valence-electron chi connectivity index (χ3n) is 5.94. The Hall–Kier alpha value is -3.57. The number of rotatable bonds is 8. The maximum absolute atomic E-state index is 13.8. The van der Waals surface area contributed by atoms with Crippen molar-refractivity contribution >= 4 is 17.4 Å². The van der Waals surface area contributed by atoms with Crippen molar-refractivity contribution in [2.45, 2.75) is 19.0 Å². The van der Waals surface area contributed by atoms with Gasteiger partial charge in [0.15, 0.2) is 0 Å². The minimum Gasteiger partial charge on any atom is -0.395 e. The summed E-state index contributed by atoms with van der Waals surface area (Å²) < 4.78 is 53.0. The molecule has 0 saturated heterocycles. The van der Waals surface area contributed by atoms with Crippen LogP contribution in [0, 0.1) is 5.82 Å². The number of aromatic nitrogens is 2. The van der Waals surface area contributed by atoms with Gasteiger partial charge in [0.25, 0.3) is 5.91 Å². The highest BCUT2D eigenvalue weighted by atomic mass is 19.4. The van der Waals surface area contributed by atoms with Crippen molar-refractivity contribution in [3.05, 3.63) is 82.6 Å². The number of fused-ring (bicyclic) bond motifs is 1. The van der Waals surface area contributed by atoms with E-state index < -0.39 is 17.6 Å². The largest absolute Gasteiger partial charge is 0.416 e. The molecule has 190 valence electrons. The van der Waals surface area contributed by atoms with Crippen molar-refractivity contribution in [1.29, 1.82) is 0 Å². The van der Waals surface area contributed by atoms with Gasteiger partial charge in [-0.1, -0.05) is 6.07 Å². The fourth-order valence-electron chi connectivity index (χ4n) is 4.35. The van der Waals surface area contributed by atoms with E-state index in [4.69, 9.17) is 0 Å². The number of amides is 1. The standard InChI is InChI=1S/C25H24F4N4O3/c26-18-11-16(10-17(13-18)25(27,28)29)12-19-14-23(31-15-30-19)33-5-4-20-21(2-1-3-22(20)33)24(36)32(6-8-34)7-9-35/h1-3,10-11,13-15,34-35H,4-9,12H2. The van der Waals surface area contributed by atoms with Crippen molar-refractivity contribution in [1.82, 2.24) is 14.9 Å². The molecule has 1 aromatic heterocycles. The zero-order valence-corrected chi connectivity index (χ0v) is 19.2. The third kappa shape index (κ3) is 5.47. The van der Waals surface area contributed by atoms with Crippen LogP contribution in [-0.4, -0.2) is 63.8 Å². The molecular weight excluding hydrogens is 480 g/mol. The molecule has 0 aliphatic carbocycles. The predicted octanol–water partition coefficient (Wildman–Crippen LogP) is 3.35. The fraction of sp³-hybridized carbons (Fsp3) is 0.320. The zero-order chi connectivity index (χ0) is 25.9. The second-order valence-corrected chi connectivity index (χ2v) is 8.33. The lowest BCUT2D eigenvalue weighted by atomic mass is 10.0. The Bertz CT molecular complexity index is 1250. The van der Waals surface area contributed by atoms with Gasteiger partial charge in [0.1, 0.15) is 18.0 Å². The summed E-state index contributed by atoms with van der Waals surface area (Å²) in [6.07, 6.45) is -2.84. The second kappa shape index (κ2) is 10.6. The van der Waals surface area contributed by atoms with Crippen LogP contribution in [0.15, 0.2) is 48.8 Å². The number of hydrogen-bond donors (Lipinski definition) is 2. The number of halogens is 4. The number of hydrogen-bond acceptors (Lipinski definition) is 6. The average Bonchev–Trinajstić information content (AvgIpc) is 3.27. The lowest BCUT2D eigenvalue weighted by Crippen LogP contribution is -2.36. The Morgan fingerprint density at radius 1 is 1.06 bits per heavy atom. The molecule has 1 amide bonds. The van der Waals surface area contributed by atoms with E-state index in [1.54, 1.807) is 18.2 Å². The van der Waals surface area contributed by atoms with Crippen LogP contribution < -0.4 is 4.90 Å². The van der Waals surface area contributed by atoms with Crippen LogP contribution in [0.1, 0.15) is 32.7 Å². The van der Waals surface area contributed by atoms with E-state index in [9.17, 15) is 32.6 Å². The van der Waals surface area contributed by atoms with E-state index in [2.05, 4.69) is 9.97 Å². The summed E-state index contributed by atoms with van der Waals surface area (Å²) in [7, 11) is 0. The molecule has 3 aromatic rings. The lowest BCUT2D eigenvalue weighted by Gasteiger charge is -2.23. The maximum atomic E-state index is 13.8. The molecule has 0 fully saturated rings. The van der Waals surface area contributed by atoms with Crippen LogP contribution in [0.2, 0.25) is 0 Å². The Labute approximate surface area is 204 Å². The van der Waals surface area contributed by atoms with Crippen molar-refractivity contribution in [3.8, 4) is 0 Å². The van der Waals surface area contributed by atoms with E-state index in [1.807, 2.05) is 11.0 Å². The van der Waals surface area contributed by atoms with Gasteiger partial charge in [-0.05, 0) is 47.9 Å². The van der Waals surface area contributed by atoms with Crippen LogP contribution in [0.3, 0.4) is 0 Å². The maximum Gasteiger partial charge on any atom is 0.416 e. The predicted molar refractivity (Wildman–Crippen MR) is 123 cm³/mol. The van der Waals surface area contributed by atoms with Crippen LogP contribution in [0.4, 0.5) is 29.1 Å². The number of benzene rings is 2. The summed E-state index contributed by atoms with van der Waals surface area (Å²) in [5.74, 6) is -0.777. The van der Waals surface area contributed by atoms with Crippen molar-refractivity contribution < 1.29 is 32.6 Å². The van der Waals surface area contributed by atoms with Crippen LogP contribution in [0.25, 0.3) is 0 Å². The van der Waals surface area contributed by atoms with Crippen LogP contribution in [0.5, 0.6) is 0 Å². The Morgan fingerprint density at radius 3 is 2.50 bits per heavy atom. The molecule has 1 aliphatic heterocycles. The second-order valence-electron chi connectivity index (χ2n) is 8.33. The molecule has 0 atom stereocenters. The fourth-order valence-corrected chi connectivity index (χ4v) is 4.35. The molecule has 2 aromatic carbocycles. The number of aliphatic hydroxyl groups is 2. The number of alkyl halides is 3. The molecule has 0 saturated carbocycles. The van der Waals surface area contributed by atoms with Gasteiger partial charge < -0.3 is 20.0 Å².